The number of hydrogen-bond donors (Lipinski definition) is 4. The molecule has 2 aromatic rings. The number of hydrogen-bond acceptors (Lipinski definition) is 7. The van der Waals surface area contributed by atoms with Crippen molar-refractivity contribution in [2.24, 2.45) is 5.92 Å². The average Bonchev–Trinajstić information content (AvgIpc) is 2.84. The summed E-state index contributed by atoms with van der Waals surface area (Å²) in [5.74, 6) is -0.752. The van der Waals surface area contributed by atoms with Crippen molar-refractivity contribution >= 4 is 23.6 Å². The van der Waals surface area contributed by atoms with Gasteiger partial charge in [0, 0.05) is 17.8 Å². The standard InChI is InChI=1S/C29H41N3O7/c1-18(2)17-23(31-28(37)39-29(4,5)6)27(36)32(15-16-33)24(22-10-8-9-19(3)25(22)34)26(35)30-20-11-13-21(38-7)14-12-20/h8-14,18,23-24,33-34H,15-17H2,1-7H3,(H,30,35)(H,31,37). The molecule has 2 atom stereocenters. The number of alkyl carbamates (subject to hydrolysis) is 1. The molecule has 39 heavy (non-hydrogen) atoms. The van der Waals surface area contributed by atoms with Crippen LogP contribution in [0.3, 0.4) is 0 Å². The first-order valence-corrected chi connectivity index (χ1v) is 12.9. The number of methoxy groups -OCH3 is 1. The van der Waals surface area contributed by atoms with Gasteiger partial charge in [0.25, 0.3) is 5.91 Å². The summed E-state index contributed by atoms with van der Waals surface area (Å²) >= 11 is 0. The van der Waals surface area contributed by atoms with Gasteiger partial charge in [0.05, 0.1) is 13.7 Å². The molecule has 0 fully saturated rings. The van der Waals surface area contributed by atoms with Gasteiger partial charge in [0.2, 0.25) is 5.91 Å². The molecule has 2 unspecified atom stereocenters. The van der Waals surface area contributed by atoms with Gasteiger partial charge in [-0.1, -0.05) is 32.0 Å². The number of aromatic hydroxyl groups is 1. The molecule has 4 N–H and O–H groups in total. The lowest BCUT2D eigenvalue weighted by Gasteiger charge is -2.35. The fourth-order valence-corrected chi connectivity index (χ4v) is 4.06. The summed E-state index contributed by atoms with van der Waals surface area (Å²) in [6.07, 6.45) is -0.518. The fourth-order valence-electron chi connectivity index (χ4n) is 4.06. The van der Waals surface area contributed by atoms with Crippen LogP contribution >= 0.6 is 0 Å². The number of aliphatic hydroxyl groups excluding tert-OH is 1. The second-order valence-electron chi connectivity index (χ2n) is 10.7. The van der Waals surface area contributed by atoms with Crippen LogP contribution in [0.1, 0.15) is 58.2 Å². The Labute approximate surface area is 230 Å². The van der Waals surface area contributed by atoms with Crippen molar-refractivity contribution in [2.45, 2.75) is 65.6 Å². The number of phenolic OH excluding ortho intramolecular Hbond substituents is 1. The molecule has 0 bridgehead atoms. The third-order valence-electron chi connectivity index (χ3n) is 5.80. The number of amides is 3. The van der Waals surface area contributed by atoms with Gasteiger partial charge in [-0.2, -0.15) is 0 Å². The normalized spacial score (nSPS) is 12.8. The lowest BCUT2D eigenvalue weighted by Crippen LogP contribution is -2.53. The topological polar surface area (TPSA) is 137 Å². The van der Waals surface area contributed by atoms with Gasteiger partial charge < -0.3 is 35.2 Å². The van der Waals surface area contributed by atoms with Gasteiger partial charge >= 0.3 is 6.09 Å². The Morgan fingerprint density at radius 2 is 1.69 bits per heavy atom. The van der Waals surface area contributed by atoms with Crippen LogP contribution < -0.4 is 15.4 Å². The zero-order valence-electron chi connectivity index (χ0n) is 23.8. The van der Waals surface area contributed by atoms with Crippen molar-refractivity contribution in [2.75, 3.05) is 25.6 Å². The predicted molar refractivity (Wildman–Crippen MR) is 149 cm³/mol. The lowest BCUT2D eigenvalue weighted by molar-refractivity contribution is -0.141. The first-order valence-electron chi connectivity index (χ1n) is 12.9. The summed E-state index contributed by atoms with van der Waals surface area (Å²) in [6, 6.07) is 9.18. The van der Waals surface area contributed by atoms with Crippen molar-refractivity contribution in [1.29, 1.82) is 0 Å². The SMILES string of the molecule is COc1ccc(NC(=O)C(c2cccc(C)c2O)N(CCO)C(=O)C(CC(C)C)NC(=O)OC(C)(C)C)cc1. The van der Waals surface area contributed by atoms with Crippen LogP contribution in [0.5, 0.6) is 11.5 Å². The molecule has 0 radical (unpaired) electrons. The van der Waals surface area contributed by atoms with E-state index in [-0.39, 0.29) is 30.2 Å². The number of aryl methyl sites for hydroxylation is 1. The Balaban J connectivity index is 2.54. The molecule has 0 saturated carbocycles. The van der Waals surface area contributed by atoms with E-state index < -0.39 is 42.2 Å². The van der Waals surface area contributed by atoms with Crippen LogP contribution in [-0.4, -0.2) is 64.9 Å². The van der Waals surface area contributed by atoms with Crippen molar-refractivity contribution in [3.63, 3.8) is 0 Å². The van der Waals surface area contributed by atoms with E-state index in [1.54, 1.807) is 70.2 Å². The number of rotatable bonds is 11. The first-order chi connectivity index (χ1) is 18.3. The highest BCUT2D eigenvalue weighted by Gasteiger charge is 2.37. The summed E-state index contributed by atoms with van der Waals surface area (Å²) in [6.45, 7) is 9.93. The molecule has 0 aromatic heterocycles. The molecule has 10 nitrogen and oxygen atoms in total. The Kier molecular flexibility index (Phi) is 11.2. The maximum atomic E-state index is 14.0. The number of nitrogens with one attached hydrogen (secondary N) is 2. The smallest absolute Gasteiger partial charge is 0.408 e. The lowest BCUT2D eigenvalue weighted by atomic mass is 9.97. The highest BCUT2D eigenvalue weighted by Crippen LogP contribution is 2.33. The van der Waals surface area contributed by atoms with Gasteiger partial charge in [0.15, 0.2) is 0 Å². The molecule has 0 aliphatic heterocycles. The zero-order valence-corrected chi connectivity index (χ0v) is 23.8. The van der Waals surface area contributed by atoms with E-state index in [0.717, 1.165) is 0 Å². The van der Waals surface area contributed by atoms with Crippen LogP contribution in [0.4, 0.5) is 10.5 Å². The molecule has 10 heteroatoms. The molecule has 0 aliphatic rings. The van der Waals surface area contributed by atoms with Crippen molar-refractivity contribution in [3.8, 4) is 11.5 Å². The van der Waals surface area contributed by atoms with E-state index in [0.29, 0.717) is 17.0 Å². The molecule has 0 spiro atoms. The summed E-state index contributed by atoms with van der Waals surface area (Å²) in [7, 11) is 1.53. The van der Waals surface area contributed by atoms with Gasteiger partial charge in [-0.3, -0.25) is 9.59 Å². The highest BCUT2D eigenvalue weighted by atomic mass is 16.6. The third-order valence-corrected chi connectivity index (χ3v) is 5.80. The molecule has 2 rings (SSSR count). The molecule has 0 heterocycles. The number of carbonyl (C=O) groups excluding carboxylic acids is 3. The molecule has 214 valence electrons. The Hall–Kier alpha value is -3.79. The van der Waals surface area contributed by atoms with E-state index in [9.17, 15) is 24.6 Å². The molecular weight excluding hydrogens is 502 g/mol. The molecular formula is C29H41N3O7. The summed E-state index contributed by atoms with van der Waals surface area (Å²) < 4.78 is 10.5. The molecule has 3 amide bonds. The zero-order chi connectivity index (χ0) is 29.3. The second-order valence-corrected chi connectivity index (χ2v) is 10.7. The summed E-state index contributed by atoms with van der Waals surface area (Å²) in [5, 5.41) is 26.3. The van der Waals surface area contributed by atoms with Crippen molar-refractivity contribution in [1.82, 2.24) is 10.2 Å². The Morgan fingerprint density at radius 1 is 1.05 bits per heavy atom. The quantitative estimate of drug-likeness (QED) is 0.334. The van der Waals surface area contributed by atoms with Gasteiger partial charge in [-0.05, 0) is 69.9 Å². The average molecular weight is 544 g/mol. The van der Waals surface area contributed by atoms with E-state index in [2.05, 4.69) is 10.6 Å². The number of ether oxygens (including phenoxy) is 2. The maximum Gasteiger partial charge on any atom is 0.408 e. The van der Waals surface area contributed by atoms with Crippen LogP contribution in [-0.2, 0) is 14.3 Å². The van der Waals surface area contributed by atoms with Crippen LogP contribution in [0.2, 0.25) is 0 Å². The number of para-hydroxylation sites is 1. The number of nitrogens with zero attached hydrogens (tertiary/aromatic N) is 1. The Bertz CT molecular complexity index is 1130. The van der Waals surface area contributed by atoms with E-state index in [1.165, 1.54) is 12.0 Å². The number of phenols is 1. The second kappa shape index (κ2) is 13.8. The first kappa shape index (κ1) is 31.4. The van der Waals surface area contributed by atoms with E-state index >= 15 is 0 Å². The molecule has 2 aromatic carbocycles. The van der Waals surface area contributed by atoms with Crippen LogP contribution in [0.15, 0.2) is 42.5 Å². The van der Waals surface area contributed by atoms with Gasteiger partial charge in [0.1, 0.15) is 29.2 Å². The number of benzene rings is 2. The fraction of sp³-hybridized carbons (Fsp3) is 0.483. The molecule has 0 saturated heterocycles. The van der Waals surface area contributed by atoms with Crippen molar-refractivity contribution < 1.29 is 34.1 Å². The molecule has 0 aliphatic carbocycles. The van der Waals surface area contributed by atoms with E-state index in [4.69, 9.17) is 9.47 Å². The monoisotopic (exact) mass is 543 g/mol. The highest BCUT2D eigenvalue weighted by molar-refractivity contribution is 5.99. The summed E-state index contributed by atoms with van der Waals surface area (Å²) in [5.41, 5.74) is 0.356. The van der Waals surface area contributed by atoms with Gasteiger partial charge in [-0.25, -0.2) is 4.79 Å². The minimum absolute atomic E-state index is 0.00353. The largest absolute Gasteiger partial charge is 0.507 e. The van der Waals surface area contributed by atoms with Crippen LogP contribution in [0.25, 0.3) is 0 Å². The third kappa shape index (κ3) is 9.17. The minimum atomic E-state index is -1.32. The van der Waals surface area contributed by atoms with E-state index in [1.807, 2.05) is 13.8 Å². The predicted octanol–water partition coefficient (Wildman–Crippen LogP) is 4.15. The number of anilines is 1. The van der Waals surface area contributed by atoms with Gasteiger partial charge in [-0.15, -0.1) is 0 Å². The maximum absolute atomic E-state index is 14.0. The number of carbonyl (C=O) groups is 3. The summed E-state index contributed by atoms with van der Waals surface area (Å²) in [4.78, 5) is 41.5. The minimum Gasteiger partial charge on any atom is -0.507 e. The van der Waals surface area contributed by atoms with Crippen molar-refractivity contribution in [3.05, 3.63) is 53.6 Å². The van der Waals surface area contributed by atoms with Crippen LogP contribution in [0, 0.1) is 12.8 Å². The Morgan fingerprint density at radius 3 is 2.23 bits per heavy atom. The number of aliphatic hydroxyl groups is 1.